The molecular formula is C19H29N3O4S. The SMILES string of the molecule is CC(C)(C)OC(=O)N1[C@@H]2CC[C@H]1CC(Nc1ccc(S(C)(=O)=O)cc1N)C2. The average molecular weight is 396 g/mol. The molecule has 0 aliphatic carbocycles. The van der Waals surface area contributed by atoms with Gasteiger partial charge in [0, 0.05) is 24.4 Å². The number of piperidine rings is 1. The van der Waals surface area contributed by atoms with E-state index in [9.17, 15) is 13.2 Å². The fourth-order valence-electron chi connectivity index (χ4n) is 4.03. The molecule has 3 rings (SSSR count). The molecule has 2 fully saturated rings. The van der Waals surface area contributed by atoms with Crippen molar-refractivity contribution in [3.05, 3.63) is 18.2 Å². The summed E-state index contributed by atoms with van der Waals surface area (Å²) < 4.78 is 28.9. The summed E-state index contributed by atoms with van der Waals surface area (Å²) in [4.78, 5) is 14.6. The zero-order valence-corrected chi connectivity index (χ0v) is 17.2. The van der Waals surface area contributed by atoms with Crippen molar-refractivity contribution >= 4 is 27.3 Å². The minimum Gasteiger partial charge on any atom is -0.444 e. The van der Waals surface area contributed by atoms with Gasteiger partial charge >= 0.3 is 6.09 Å². The predicted molar refractivity (Wildman–Crippen MR) is 105 cm³/mol. The van der Waals surface area contributed by atoms with E-state index in [0.29, 0.717) is 5.69 Å². The van der Waals surface area contributed by atoms with E-state index in [1.807, 2.05) is 25.7 Å². The van der Waals surface area contributed by atoms with Crippen LogP contribution in [0.25, 0.3) is 0 Å². The summed E-state index contributed by atoms with van der Waals surface area (Å²) in [7, 11) is -3.28. The first kappa shape index (κ1) is 19.8. The van der Waals surface area contributed by atoms with Gasteiger partial charge in [-0.2, -0.15) is 0 Å². The lowest BCUT2D eigenvalue weighted by molar-refractivity contribution is 0.00683. The topological polar surface area (TPSA) is 102 Å². The summed E-state index contributed by atoms with van der Waals surface area (Å²) in [6, 6.07) is 5.28. The number of carbonyl (C=O) groups is 1. The van der Waals surface area contributed by atoms with Gasteiger partial charge < -0.3 is 20.7 Å². The summed E-state index contributed by atoms with van der Waals surface area (Å²) in [6.45, 7) is 5.64. The van der Waals surface area contributed by atoms with Crippen LogP contribution in [0.4, 0.5) is 16.2 Å². The number of hydrogen-bond donors (Lipinski definition) is 2. The maximum atomic E-state index is 12.5. The molecule has 2 heterocycles. The van der Waals surface area contributed by atoms with Gasteiger partial charge in [-0.25, -0.2) is 13.2 Å². The average Bonchev–Trinajstić information content (AvgIpc) is 2.78. The fraction of sp³-hybridized carbons (Fsp3) is 0.632. The summed E-state index contributed by atoms with van der Waals surface area (Å²) in [5.41, 5.74) is 6.71. The summed E-state index contributed by atoms with van der Waals surface area (Å²) in [5.74, 6) is 0. The number of anilines is 2. The highest BCUT2D eigenvalue weighted by Gasteiger charge is 2.44. The Morgan fingerprint density at radius 2 is 1.81 bits per heavy atom. The van der Waals surface area contributed by atoms with E-state index in [4.69, 9.17) is 10.5 Å². The highest BCUT2D eigenvalue weighted by Crippen LogP contribution is 2.38. The third-order valence-corrected chi connectivity index (χ3v) is 6.26. The molecule has 3 atom stereocenters. The zero-order chi connectivity index (χ0) is 20.0. The molecule has 2 saturated heterocycles. The van der Waals surface area contributed by atoms with Gasteiger partial charge in [-0.1, -0.05) is 0 Å². The van der Waals surface area contributed by atoms with Crippen LogP contribution in [0.1, 0.15) is 46.5 Å². The van der Waals surface area contributed by atoms with E-state index >= 15 is 0 Å². The predicted octanol–water partition coefficient (Wildman–Crippen LogP) is 3.01. The Balaban J connectivity index is 1.68. The highest BCUT2D eigenvalue weighted by atomic mass is 32.2. The van der Waals surface area contributed by atoms with Gasteiger partial charge in [-0.15, -0.1) is 0 Å². The number of rotatable bonds is 3. The second kappa shape index (κ2) is 6.89. The molecule has 1 unspecified atom stereocenters. The lowest BCUT2D eigenvalue weighted by Gasteiger charge is -2.40. The number of nitrogens with one attached hydrogen (secondary N) is 1. The lowest BCUT2D eigenvalue weighted by Crippen LogP contribution is -2.51. The first-order valence-corrected chi connectivity index (χ1v) is 11.2. The van der Waals surface area contributed by atoms with E-state index in [-0.39, 0.29) is 29.1 Å². The second-order valence-corrected chi connectivity index (χ2v) is 10.6. The largest absolute Gasteiger partial charge is 0.444 e. The number of fused-ring (bicyclic) bond motifs is 2. The number of sulfone groups is 1. The van der Waals surface area contributed by atoms with Crippen LogP contribution in [0.5, 0.6) is 0 Å². The van der Waals surface area contributed by atoms with Crippen LogP contribution in [0.3, 0.4) is 0 Å². The van der Waals surface area contributed by atoms with Gasteiger partial charge in [0.05, 0.1) is 16.3 Å². The van der Waals surface area contributed by atoms with Gasteiger partial charge in [0.2, 0.25) is 0 Å². The normalized spacial score (nSPS) is 25.3. The summed E-state index contributed by atoms with van der Waals surface area (Å²) >= 11 is 0. The molecule has 150 valence electrons. The molecule has 0 radical (unpaired) electrons. The second-order valence-electron chi connectivity index (χ2n) is 8.61. The minimum absolute atomic E-state index is 0.160. The first-order chi connectivity index (χ1) is 12.4. The minimum atomic E-state index is -3.28. The maximum absolute atomic E-state index is 12.5. The molecule has 27 heavy (non-hydrogen) atoms. The van der Waals surface area contributed by atoms with Crippen molar-refractivity contribution in [1.29, 1.82) is 0 Å². The number of nitrogen functional groups attached to an aromatic ring is 1. The number of amides is 1. The Bertz CT molecular complexity index is 818. The molecule has 0 aromatic heterocycles. The molecule has 1 aromatic rings. The summed E-state index contributed by atoms with van der Waals surface area (Å²) in [5, 5.41) is 3.44. The van der Waals surface area contributed by atoms with E-state index in [2.05, 4.69) is 5.32 Å². The molecule has 3 N–H and O–H groups in total. The quantitative estimate of drug-likeness (QED) is 0.763. The van der Waals surface area contributed by atoms with Crippen LogP contribution in [0.2, 0.25) is 0 Å². The van der Waals surface area contributed by atoms with Crippen molar-refractivity contribution in [3.8, 4) is 0 Å². The Hall–Kier alpha value is -1.96. The molecule has 1 amide bonds. The van der Waals surface area contributed by atoms with Crippen molar-refractivity contribution in [3.63, 3.8) is 0 Å². The van der Waals surface area contributed by atoms with Crippen molar-refractivity contribution in [1.82, 2.24) is 4.90 Å². The van der Waals surface area contributed by atoms with E-state index < -0.39 is 15.4 Å². The number of nitrogens with zero attached hydrogens (tertiary/aromatic N) is 1. The van der Waals surface area contributed by atoms with Crippen LogP contribution in [-0.4, -0.2) is 49.4 Å². The Morgan fingerprint density at radius 3 is 2.30 bits per heavy atom. The van der Waals surface area contributed by atoms with Crippen molar-refractivity contribution in [2.75, 3.05) is 17.3 Å². The molecule has 8 heteroatoms. The van der Waals surface area contributed by atoms with E-state index in [0.717, 1.165) is 31.4 Å². The van der Waals surface area contributed by atoms with Crippen LogP contribution < -0.4 is 11.1 Å². The first-order valence-electron chi connectivity index (χ1n) is 9.31. The highest BCUT2D eigenvalue weighted by molar-refractivity contribution is 7.90. The molecule has 0 saturated carbocycles. The van der Waals surface area contributed by atoms with Crippen LogP contribution in [-0.2, 0) is 14.6 Å². The van der Waals surface area contributed by atoms with E-state index in [1.165, 1.54) is 12.3 Å². The van der Waals surface area contributed by atoms with Crippen molar-refractivity contribution in [2.24, 2.45) is 0 Å². The molecule has 1 aromatic carbocycles. The van der Waals surface area contributed by atoms with Crippen molar-refractivity contribution < 1.29 is 17.9 Å². The van der Waals surface area contributed by atoms with Gasteiger partial charge in [-0.05, 0) is 64.7 Å². The smallest absolute Gasteiger partial charge is 0.410 e. The lowest BCUT2D eigenvalue weighted by atomic mass is 9.97. The number of benzene rings is 1. The number of nitrogens with two attached hydrogens (primary N) is 1. The Kier molecular flexibility index (Phi) is 5.05. The van der Waals surface area contributed by atoms with Gasteiger partial charge in [0.1, 0.15) is 5.60 Å². The van der Waals surface area contributed by atoms with Crippen molar-refractivity contribution in [2.45, 2.75) is 75.1 Å². The van der Waals surface area contributed by atoms with Gasteiger partial charge in [0.15, 0.2) is 9.84 Å². The number of hydrogen-bond acceptors (Lipinski definition) is 6. The van der Waals surface area contributed by atoms with E-state index in [1.54, 1.807) is 12.1 Å². The fourth-order valence-corrected chi connectivity index (χ4v) is 4.69. The molecule has 7 nitrogen and oxygen atoms in total. The van der Waals surface area contributed by atoms with Crippen LogP contribution in [0, 0.1) is 0 Å². The van der Waals surface area contributed by atoms with Crippen LogP contribution >= 0.6 is 0 Å². The standard InChI is InChI=1S/C19H29N3O4S/c1-19(2,3)26-18(23)22-13-5-6-14(22)10-12(9-13)21-17-8-7-15(11-16(17)20)27(4,24)25/h7-8,11-14,21H,5-6,9-10,20H2,1-4H3/t12?,13-,14+. The monoisotopic (exact) mass is 395 g/mol. The molecule has 2 aliphatic heterocycles. The Labute approximate surface area is 161 Å². The maximum Gasteiger partial charge on any atom is 0.410 e. The van der Waals surface area contributed by atoms with Crippen LogP contribution in [0.15, 0.2) is 23.1 Å². The molecule has 2 bridgehead atoms. The molecule has 0 spiro atoms. The third-order valence-electron chi connectivity index (χ3n) is 5.15. The summed E-state index contributed by atoms with van der Waals surface area (Å²) in [6.07, 6.45) is 4.53. The zero-order valence-electron chi connectivity index (χ0n) is 16.4. The number of carbonyl (C=O) groups excluding carboxylic acids is 1. The molecule has 2 aliphatic rings. The third kappa shape index (κ3) is 4.48. The van der Waals surface area contributed by atoms with Gasteiger partial charge in [0.25, 0.3) is 0 Å². The number of ether oxygens (including phenoxy) is 1. The molecular weight excluding hydrogens is 366 g/mol. The Morgan fingerprint density at radius 1 is 1.22 bits per heavy atom. The van der Waals surface area contributed by atoms with Gasteiger partial charge in [-0.3, -0.25) is 0 Å².